The number of hydrogen-bond donors (Lipinski definition) is 1. The molecule has 6 heteroatoms. The Labute approximate surface area is 150 Å². The summed E-state index contributed by atoms with van der Waals surface area (Å²) in [5, 5.41) is 2.79. The van der Waals surface area contributed by atoms with Crippen LogP contribution in [-0.2, 0) is 16.1 Å². The molecule has 0 spiro atoms. The molecule has 1 aliphatic rings. The van der Waals surface area contributed by atoms with Gasteiger partial charge in [-0.3, -0.25) is 0 Å². The predicted octanol–water partition coefficient (Wildman–Crippen LogP) is 3.95. The van der Waals surface area contributed by atoms with Crippen LogP contribution in [0.4, 0.5) is 9.59 Å². The van der Waals surface area contributed by atoms with Gasteiger partial charge in [0.1, 0.15) is 12.2 Å². The van der Waals surface area contributed by atoms with Crippen molar-refractivity contribution in [1.29, 1.82) is 0 Å². The number of benzene rings is 1. The van der Waals surface area contributed by atoms with Gasteiger partial charge in [-0.2, -0.15) is 0 Å². The van der Waals surface area contributed by atoms with Crippen molar-refractivity contribution in [1.82, 2.24) is 10.2 Å². The predicted molar refractivity (Wildman–Crippen MR) is 97.3 cm³/mol. The lowest BCUT2D eigenvalue weighted by molar-refractivity contribution is 0.0290. The van der Waals surface area contributed by atoms with Crippen LogP contribution in [0.2, 0.25) is 0 Å². The highest BCUT2D eigenvalue weighted by molar-refractivity contribution is 5.70. The summed E-state index contributed by atoms with van der Waals surface area (Å²) in [7, 11) is 0. The molecular weight excluding hydrogens is 320 g/mol. The Morgan fingerprint density at radius 2 is 1.84 bits per heavy atom. The minimum absolute atomic E-state index is 0.106. The fourth-order valence-corrected chi connectivity index (χ4v) is 2.30. The molecule has 1 heterocycles. The van der Waals surface area contributed by atoms with Gasteiger partial charge in [0, 0.05) is 13.1 Å². The van der Waals surface area contributed by atoms with Crippen molar-refractivity contribution >= 4 is 12.2 Å². The number of hydrogen-bond acceptors (Lipinski definition) is 4. The number of ether oxygens (including phenoxy) is 2. The SMILES string of the molecule is CC.CC(C)(C)OC(=O)N1CC[C@H](NC(=O)OCc2ccccc2)C1. The molecule has 0 aliphatic carbocycles. The number of nitrogens with zero attached hydrogens (tertiary/aromatic N) is 1. The lowest BCUT2D eigenvalue weighted by atomic mass is 10.2. The maximum Gasteiger partial charge on any atom is 0.410 e. The van der Waals surface area contributed by atoms with Crippen LogP contribution in [0.5, 0.6) is 0 Å². The lowest BCUT2D eigenvalue weighted by Gasteiger charge is -2.24. The van der Waals surface area contributed by atoms with Crippen molar-refractivity contribution < 1.29 is 19.1 Å². The van der Waals surface area contributed by atoms with Gasteiger partial charge >= 0.3 is 12.2 Å². The summed E-state index contributed by atoms with van der Waals surface area (Å²) in [4.78, 5) is 25.4. The van der Waals surface area contributed by atoms with Gasteiger partial charge in [-0.1, -0.05) is 44.2 Å². The summed E-state index contributed by atoms with van der Waals surface area (Å²) < 4.78 is 10.5. The third kappa shape index (κ3) is 7.92. The minimum Gasteiger partial charge on any atom is -0.445 e. The Hall–Kier alpha value is -2.24. The summed E-state index contributed by atoms with van der Waals surface area (Å²) in [6.45, 7) is 10.7. The summed E-state index contributed by atoms with van der Waals surface area (Å²) in [5.41, 5.74) is 0.418. The van der Waals surface area contributed by atoms with Gasteiger partial charge in [0.2, 0.25) is 0 Å². The Morgan fingerprint density at radius 1 is 1.20 bits per heavy atom. The van der Waals surface area contributed by atoms with E-state index in [1.165, 1.54) is 0 Å². The molecule has 1 N–H and O–H groups in total. The maximum absolute atomic E-state index is 12.0. The highest BCUT2D eigenvalue weighted by atomic mass is 16.6. The molecule has 25 heavy (non-hydrogen) atoms. The van der Waals surface area contributed by atoms with E-state index in [9.17, 15) is 9.59 Å². The summed E-state index contributed by atoms with van der Waals surface area (Å²) >= 11 is 0. The van der Waals surface area contributed by atoms with Crippen LogP contribution in [0.1, 0.15) is 46.6 Å². The first-order valence-electron chi connectivity index (χ1n) is 8.78. The van der Waals surface area contributed by atoms with E-state index in [4.69, 9.17) is 9.47 Å². The second-order valence-electron chi connectivity index (χ2n) is 6.62. The van der Waals surface area contributed by atoms with Gasteiger partial charge in [-0.25, -0.2) is 9.59 Å². The van der Waals surface area contributed by atoms with Gasteiger partial charge in [0.15, 0.2) is 0 Å². The molecule has 1 aromatic carbocycles. The summed E-state index contributed by atoms with van der Waals surface area (Å²) in [6.07, 6.45) is -0.121. The zero-order valence-electron chi connectivity index (χ0n) is 15.9. The minimum atomic E-state index is -0.517. The number of alkyl carbamates (subject to hydrolysis) is 1. The molecule has 0 saturated carbocycles. The second kappa shape index (κ2) is 9.91. The molecular formula is C19H30N2O4. The van der Waals surface area contributed by atoms with Crippen LogP contribution < -0.4 is 5.32 Å². The Kier molecular flexibility index (Phi) is 8.25. The molecule has 6 nitrogen and oxygen atoms in total. The molecule has 0 bridgehead atoms. The van der Waals surface area contributed by atoms with E-state index in [1.807, 2.05) is 65.0 Å². The first-order valence-corrected chi connectivity index (χ1v) is 8.78. The van der Waals surface area contributed by atoms with E-state index >= 15 is 0 Å². The second-order valence-corrected chi connectivity index (χ2v) is 6.62. The van der Waals surface area contributed by atoms with E-state index in [-0.39, 0.29) is 18.7 Å². The highest BCUT2D eigenvalue weighted by Crippen LogP contribution is 2.15. The molecule has 1 atom stereocenters. The van der Waals surface area contributed by atoms with Crippen molar-refractivity contribution in [3.05, 3.63) is 35.9 Å². The Morgan fingerprint density at radius 3 is 2.44 bits per heavy atom. The average molecular weight is 350 g/mol. The third-order valence-electron chi connectivity index (χ3n) is 3.37. The smallest absolute Gasteiger partial charge is 0.410 e. The normalized spacial score (nSPS) is 16.5. The molecule has 140 valence electrons. The topological polar surface area (TPSA) is 67.9 Å². The number of amides is 2. The average Bonchev–Trinajstić information content (AvgIpc) is 3.03. The van der Waals surface area contributed by atoms with Crippen LogP contribution >= 0.6 is 0 Å². The molecule has 0 radical (unpaired) electrons. The van der Waals surface area contributed by atoms with Crippen LogP contribution in [0.15, 0.2) is 30.3 Å². The number of rotatable bonds is 3. The molecule has 0 unspecified atom stereocenters. The summed E-state index contributed by atoms with van der Waals surface area (Å²) in [5.74, 6) is 0. The quantitative estimate of drug-likeness (QED) is 0.896. The molecule has 0 aromatic heterocycles. The van der Waals surface area contributed by atoms with Gasteiger partial charge < -0.3 is 19.7 Å². The van der Waals surface area contributed by atoms with E-state index in [2.05, 4.69) is 5.32 Å². The number of carbonyl (C=O) groups excluding carboxylic acids is 2. The van der Waals surface area contributed by atoms with E-state index < -0.39 is 11.7 Å². The van der Waals surface area contributed by atoms with Crippen molar-refractivity contribution in [2.45, 2.75) is 59.3 Å². The highest BCUT2D eigenvalue weighted by Gasteiger charge is 2.30. The van der Waals surface area contributed by atoms with E-state index in [1.54, 1.807) is 4.90 Å². The summed E-state index contributed by atoms with van der Waals surface area (Å²) in [6, 6.07) is 9.39. The number of likely N-dealkylation sites (tertiary alicyclic amines) is 1. The van der Waals surface area contributed by atoms with Gasteiger partial charge in [-0.05, 0) is 32.8 Å². The monoisotopic (exact) mass is 350 g/mol. The first-order chi connectivity index (χ1) is 11.8. The Bertz CT molecular complexity index is 540. The number of nitrogens with one attached hydrogen (secondary N) is 1. The van der Waals surface area contributed by atoms with Gasteiger partial charge in [-0.15, -0.1) is 0 Å². The zero-order chi connectivity index (χ0) is 18.9. The third-order valence-corrected chi connectivity index (χ3v) is 3.37. The van der Waals surface area contributed by atoms with Crippen LogP contribution in [-0.4, -0.2) is 41.8 Å². The Balaban J connectivity index is 0.00000151. The van der Waals surface area contributed by atoms with Crippen LogP contribution in [0, 0.1) is 0 Å². The van der Waals surface area contributed by atoms with Gasteiger partial charge in [0.05, 0.1) is 6.04 Å². The lowest BCUT2D eigenvalue weighted by Crippen LogP contribution is -2.40. The van der Waals surface area contributed by atoms with Crippen LogP contribution in [0.3, 0.4) is 0 Å². The first kappa shape index (κ1) is 20.8. The maximum atomic E-state index is 12.0. The van der Waals surface area contributed by atoms with Crippen molar-refractivity contribution in [3.63, 3.8) is 0 Å². The molecule has 2 rings (SSSR count). The fraction of sp³-hybridized carbons (Fsp3) is 0.579. The molecule has 2 amide bonds. The fourth-order valence-electron chi connectivity index (χ4n) is 2.30. The van der Waals surface area contributed by atoms with Gasteiger partial charge in [0.25, 0.3) is 0 Å². The van der Waals surface area contributed by atoms with Crippen molar-refractivity contribution in [2.24, 2.45) is 0 Å². The van der Waals surface area contributed by atoms with Crippen molar-refractivity contribution in [3.8, 4) is 0 Å². The largest absolute Gasteiger partial charge is 0.445 e. The van der Waals surface area contributed by atoms with E-state index in [0.29, 0.717) is 19.5 Å². The van der Waals surface area contributed by atoms with Crippen molar-refractivity contribution in [2.75, 3.05) is 13.1 Å². The molecule has 1 saturated heterocycles. The van der Waals surface area contributed by atoms with E-state index in [0.717, 1.165) is 5.56 Å². The molecule has 1 aromatic rings. The zero-order valence-corrected chi connectivity index (χ0v) is 15.9. The van der Waals surface area contributed by atoms with Crippen LogP contribution in [0.25, 0.3) is 0 Å². The number of carbonyl (C=O) groups is 2. The molecule has 1 aliphatic heterocycles. The standard InChI is InChI=1S/C17H24N2O4.C2H6/c1-17(2,3)23-16(21)19-10-9-14(11-19)18-15(20)22-12-13-7-5-4-6-8-13;1-2/h4-8,14H,9-12H2,1-3H3,(H,18,20);1-2H3/t14-;/m0./s1. The molecule has 1 fully saturated rings.